The third-order valence-electron chi connectivity index (χ3n) is 5.41. The van der Waals surface area contributed by atoms with E-state index >= 15 is 0 Å². The van der Waals surface area contributed by atoms with Gasteiger partial charge in [-0.25, -0.2) is 0 Å². The van der Waals surface area contributed by atoms with E-state index in [-0.39, 0.29) is 18.0 Å². The number of nitrogens with zero attached hydrogens (tertiary/aromatic N) is 1. The molecule has 2 aromatic rings. The molecule has 30 heavy (non-hydrogen) atoms. The number of ether oxygens (including phenoxy) is 1. The van der Waals surface area contributed by atoms with Crippen molar-refractivity contribution in [3.63, 3.8) is 0 Å². The number of rotatable bonds is 8. The number of amides is 1. The summed E-state index contributed by atoms with van der Waals surface area (Å²) >= 11 is 6.25. The van der Waals surface area contributed by atoms with E-state index in [0.717, 1.165) is 19.3 Å². The lowest BCUT2D eigenvalue weighted by Crippen LogP contribution is -2.44. The van der Waals surface area contributed by atoms with E-state index in [9.17, 15) is 14.7 Å². The summed E-state index contributed by atoms with van der Waals surface area (Å²) in [6.45, 7) is 1.00. The van der Waals surface area contributed by atoms with E-state index in [1.807, 2.05) is 0 Å². The molecule has 0 spiro atoms. The van der Waals surface area contributed by atoms with Gasteiger partial charge in [-0.1, -0.05) is 36.9 Å². The van der Waals surface area contributed by atoms with Gasteiger partial charge in [-0.2, -0.15) is 0 Å². The highest BCUT2D eigenvalue weighted by Gasteiger charge is 2.29. The molecule has 0 bridgehead atoms. The minimum Gasteiger partial charge on any atom is -0.388 e. The molecule has 1 heterocycles. The van der Waals surface area contributed by atoms with Crippen LogP contribution in [-0.2, 0) is 11.3 Å². The molecule has 0 aliphatic heterocycles. The first kappa shape index (κ1) is 22.3. The largest absolute Gasteiger partial charge is 0.388 e. The molecule has 1 amide bonds. The number of carbonyl (C=O) groups is 1. The lowest BCUT2D eigenvalue weighted by Gasteiger charge is -2.32. The van der Waals surface area contributed by atoms with Crippen molar-refractivity contribution in [2.24, 2.45) is 0 Å². The van der Waals surface area contributed by atoms with Gasteiger partial charge in [0.05, 0.1) is 29.3 Å². The summed E-state index contributed by atoms with van der Waals surface area (Å²) in [6.07, 6.45) is 4.43. The SMILES string of the molecule is COCCn1c(Nc2ccc(Cl)c(C(=O)NCC3(O)CCCCC3)c2)cccc1=O. The lowest BCUT2D eigenvalue weighted by atomic mass is 9.85. The van der Waals surface area contributed by atoms with Crippen LogP contribution >= 0.6 is 11.6 Å². The summed E-state index contributed by atoms with van der Waals surface area (Å²) in [7, 11) is 1.58. The van der Waals surface area contributed by atoms with Crippen LogP contribution < -0.4 is 16.2 Å². The molecule has 1 aromatic heterocycles. The molecule has 3 N–H and O–H groups in total. The molecule has 1 fully saturated rings. The van der Waals surface area contributed by atoms with Gasteiger partial charge >= 0.3 is 0 Å². The van der Waals surface area contributed by atoms with Crippen molar-refractivity contribution in [2.75, 3.05) is 25.6 Å². The molecule has 162 valence electrons. The first-order valence-corrected chi connectivity index (χ1v) is 10.6. The summed E-state index contributed by atoms with van der Waals surface area (Å²) in [4.78, 5) is 24.9. The summed E-state index contributed by atoms with van der Waals surface area (Å²) in [5.74, 6) is 0.247. The number of anilines is 2. The van der Waals surface area contributed by atoms with Crippen molar-refractivity contribution in [2.45, 2.75) is 44.2 Å². The second-order valence-electron chi connectivity index (χ2n) is 7.68. The minimum absolute atomic E-state index is 0.148. The quantitative estimate of drug-likeness (QED) is 0.594. The molecule has 0 saturated heterocycles. The normalized spacial score (nSPS) is 15.6. The molecule has 8 heteroatoms. The van der Waals surface area contributed by atoms with E-state index < -0.39 is 5.60 Å². The number of halogens is 1. The summed E-state index contributed by atoms with van der Waals surface area (Å²) in [5.41, 5.74) is -0.0669. The Labute approximate surface area is 181 Å². The number of hydrogen-bond donors (Lipinski definition) is 3. The summed E-state index contributed by atoms with van der Waals surface area (Å²) in [6, 6.07) is 9.95. The predicted octanol–water partition coefficient (Wildman–Crippen LogP) is 3.32. The predicted molar refractivity (Wildman–Crippen MR) is 118 cm³/mol. The molecular weight excluding hydrogens is 406 g/mol. The maximum atomic E-state index is 12.7. The summed E-state index contributed by atoms with van der Waals surface area (Å²) in [5, 5.41) is 16.9. The Hall–Kier alpha value is -2.35. The van der Waals surface area contributed by atoms with Crippen molar-refractivity contribution >= 4 is 29.0 Å². The molecule has 1 aromatic carbocycles. The van der Waals surface area contributed by atoms with Gasteiger partial charge in [0.15, 0.2) is 0 Å². The van der Waals surface area contributed by atoms with Gasteiger partial charge in [0, 0.05) is 25.4 Å². The molecule has 1 aliphatic rings. The van der Waals surface area contributed by atoms with Crippen molar-refractivity contribution in [3.8, 4) is 0 Å². The first-order valence-electron chi connectivity index (χ1n) is 10.2. The zero-order chi connectivity index (χ0) is 21.6. The second-order valence-corrected chi connectivity index (χ2v) is 8.09. The summed E-state index contributed by atoms with van der Waals surface area (Å²) < 4.78 is 6.64. The Morgan fingerprint density at radius 3 is 2.73 bits per heavy atom. The highest BCUT2D eigenvalue weighted by atomic mass is 35.5. The van der Waals surface area contributed by atoms with Gasteiger partial charge in [0.1, 0.15) is 5.82 Å². The van der Waals surface area contributed by atoms with Crippen molar-refractivity contribution < 1.29 is 14.6 Å². The molecule has 0 atom stereocenters. The maximum Gasteiger partial charge on any atom is 0.252 e. The van der Waals surface area contributed by atoms with Crippen LogP contribution in [0.25, 0.3) is 0 Å². The number of carbonyl (C=O) groups excluding carboxylic acids is 1. The lowest BCUT2D eigenvalue weighted by molar-refractivity contribution is 0.00526. The van der Waals surface area contributed by atoms with Gasteiger partial charge < -0.3 is 20.5 Å². The average molecular weight is 434 g/mol. The smallest absolute Gasteiger partial charge is 0.252 e. The fourth-order valence-corrected chi connectivity index (χ4v) is 3.90. The van der Waals surface area contributed by atoms with E-state index in [1.165, 1.54) is 6.07 Å². The van der Waals surface area contributed by atoms with Crippen LogP contribution in [-0.4, -0.2) is 41.4 Å². The van der Waals surface area contributed by atoms with E-state index in [1.54, 1.807) is 42.0 Å². The van der Waals surface area contributed by atoms with Crippen molar-refractivity contribution in [1.29, 1.82) is 0 Å². The van der Waals surface area contributed by atoms with E-state index in [2.05, 4.69) is 10.6 Å². The number of aliphatic hydroxyl groups is 1. The third-order valence-corrected chi connectivity index (χ3v) is 5.74. The van der Waals surface area contributed by atoms with Crippen LogP contribution in [0, 0.1) is 0 Å². The van der Waals surface area contributed by atoms with Crippen molar-refractivity contribution in [3.05, 3.63) is 57.3 Å². The molecule has 3 rings (SSSR count). The van der Waals surface area contributed by atoms with Gasteiger partial charge in [0.25, 0.3) is 11.5 Å². The first-order chi connectivity index (χ1) is 14.4. The Bertz CT molecular complexity index is 938. The molecule has 0 unspecified atom stereocenters. The fraction of sp³-hybridized carbons (Fsp3) is 0.455. The Morgan fingerprint density at radius 1 is 1.23 bits per heavy atom. The topological polar surface area (TPSA) is 92.6 Å². The number of pyridine rings is 1. The van der Waals surface area contributed by atoms with Gasteiger partial charge in [-0.3, -0.25) is 14.2 Å². The van der Waals surface area contributed by atoms with E-state index in [4.69, 9.17) is 16.3 Å². The van der Waals surface area contributed by atoms with Crippen LogP contribution in [0.1, 0.15) is 42.5 Å². The second kappa shape index (κ2) is 10.1. The van der Waals surface area contributed by atoms with Crippen LogP contribution in [0.3, 0.4) is 0 Å². The Kier molecular flexibility index (Phi) is 7.53. The fourth-order valence-electron chi connectivity index (χ4n) is 3.69. The van der Waals surface area contributed by atoms with Gasteiger partial charge in [-0.05, 0) is 37.1 Å². The van der Waals surface area contributed by atoms with Crippen LogP contribution in [0.5, 0.6) is 0 Å². The number of methoxy groups -OCH3 is 1. The standard InChI is InChI=1S/C22H28ClN3O4/c1-30-13-12-26-19(6-5-7-20(26)27)25-16-8-9-18(23)17(14-16)21(28)24-15-22(29)10-3-2-4-11-22/h5-9,14,25,29H,2-4,10-13,15H2,1H3,(H,24,28). The Morgan fingerprint density at radius 2 is 2.00 bits per heavy atom. The molecule has 1 saturated carbocycles. The number of nitrogens with one attached hydrogen (secondary N) is 2. The van der Waals surface area contributed by atoms with E-state index in [0.29, 0.717) is 48.1 Å². The number of hydrogen-bond acceptors (Lipinski definition) is 5. The number of aromatic nitrogens is 1. The number of benzene rings is 1. The van der Waals surface area contributed by atoms with Crippen molar-refractivity contribution in [1.82, 2.24) is 9.88 Å². The zero-order valence-corrected chi connectivity index (χ0v) is 17.9. The highest BCUT2D eigenvalue weighted by Crippen LogP contribution is 2.28. The third kappa shape index (κ3) is 5.62. The van der Waals surface area contributed by atoms with Gasteiger partial charge in [-0.15, -0.1) is 0 Å². The maximum absolute atomic E-state index is 12.7. The molecule has 0 radical (unpaired) electrons. The van der Waals surface area contributed by atoms with Crippen LogP contribution in [0.2, 0.25) is 5.02 Å². The van der Waals surface area contributed by atoms with Crippen LogP contribution in [0.4, 0.5) is 11.5 Å². The zero-order valence-electron chi connectivity index (χ0n) is 17.1. The molecular formula is C22H28ClN3O4. The molecule has 1 aliphatic carbocycles. The Balaban J connectivity index is 1.75. The highest BCUT2D eigenvalue weighted by molar-refractivity contribution is 6.34. The van der Waals surface area contributed by atoms with Crippen LogP contribution in [0.15, 0.2) is 41.2 Å². The minimum atomic E-state index is -0.850. The molecule has 7 nitrogen and oxygen atoms in total. The van der Waals surface area contributed by atoms with Gasteiger partial charge in [0.2, 0.25) is 0 Å². The average Bonchev–Trinajstić information content (AvgIpc) is 2.73. The monoisotopic (exact) mass is 433 g/mol.